The molecule has 0 aliphatic heterocycles. The van der Waals surface area contributed by atoms with E-state index in [0.29, 0.717) is 18.7 Å². The van der Waals surface area contributed by atoms with Crippen molar-refractivity contribution in [1.29, 1.82) is 0 Å². The Balaban J connectivity index is 0.00000338. The summed E-state index contributed by atoms with van der Waals surface area (Å²) in [5.74, 6) is -0.111. The van der Waals surface area contributed by atoms with Crippen molar-refractivity contribution in [3.63, 3.8) is 0 Å². The molecule has 1 aromatic rings. The SMILES string of the molecule is CNCCN(C)C(=O)c1ccc(S(=O)(=O)N(C)C2CCCCC2)cc1.Cl. The fourth-order valence-electron chi connectivity index (χ4n) is 3.18. The fourth-order valence-corrected chi connectivity index (χ4v) is 4.59. The van der Waals surface area contributed by atoms with Gasteiger partial charge < -0.3 is 10.2 Å². The predicted molar refractivity (Wildman–Crippen MR) is 106 cm³/mol. The molecule has 1 aliphatic rings. The molecule has 0 atom stereocenters. The van der Waals surface area contributed by atoms with Crippen molar-refractivity contribution >= 4 is 28.3 Å². The van der Waals surface area contributed by atoms with Gasteiger partial charge in [0.25, 0.3) is 5.91 Å². The van der Waals surface area contributed by atoms with Crippen LogP contribution in [0.3, 0.4) is 0 Å². The van der Waals surface area contributed by atoms with E-state index in [1.165, 1.54) is 22.9 Å². The summed E-state index contributed by atoms with van der Waals surface area (Å²) >= 11 is 0. The third-order valence-corrected chi connectivity index (χ3v) is 6.84. The van der Waals surface area contributed by atoms with Crippen molar-refractivity contribution in [2.45, 2.75) is 43.0 Å². The summed E-state index contributed by atoms with van der Waals surface area (Å²) in [5, 5.41) is 3.00. The smallest absolute Gasteiger partial charge is 0.253 e. The van der Waals surface area contributed by atoms with Gasteiger partial charge in [0.2, 0.25) is 10.0 Å². The van der Waals surface area contributed by atoms with E-state index >= 15 is 0 Å². The number of amides is 1. The van der Waals surface area contributed by atoms with E-state index in [2.05, 4.69) is 5.32 Å². The molecule has 0 radical (unpaired) electrons. The van der Waals surface area contributed by atoms with Gasteiger partial charge >= 0.3 is 0 Å². The Morgan fingerprint density at radius 1 is 1.12 bits per heavy atom. The molecular formula is C18H30ClN3O3S. The Morgan fingerprint density at radius 2 is 1.69 bits per heavy atom. The minimum atomic E-state index is -3.52. The average molecular weight is 404 g/mol. The molecule has 1 amide bonds. The summed E-state index contributed by atoms with van der Waals surface area (Å²) in [7, 11) is 1.72. The average Bonchev–Trinajstić information content (AvgIpc) is 2.65. The number of nitrogens with zero attached hydrogens (tertiary/aromatic N) is 2. The summed E-state index contributed by atoms with van der Waals surface area (Å²) in [6, 6.07) is 6.34. The van der Waals surface area contributed by atoms with Crippen LogP contribution in [0.15, 0.2) is 29.2 Å². The third-order valence-electron chi connectivity index (χ3n) is 4.91. The van der Waals surface area contributed by atoms with Crippen molar-refractivity contribution in [1.82, 2.24) is 14.5 Å². The van der Waals surface area contributed by atoms with Crippen molar-refractivity contribution in [3.8, 4) is 0 Å². The molecule has 1 saturated carbocycles. The van der Waals surface area contributed by atoms with Crippen molar-refractivity contribution < 1.29 is 13.2 Å². The van der Waals surface area contributed by atoms with Crippen LogP contribution in [0.2, 0.25) is 0 Å². The molecule has 148 valence electrons. The van der Waals surface area contributed by atoms with Gasteiger partial charge in [0.15, 0.2) is 0 Å². The predicted octanol–water partition coefficient (Wildman–Crippen LogP) is 2.35. The summed E-state index contributed by atoms with van der Waals surface area (Å²) in [4.78, 5) is 14.2. The molecule has 0 aromatic heterocycles. The number of carbonyl (C=O) groups excluding carboxylic acids is 1. The maximum atomic E-state index is 12.8. The lowest BCUT2D eigenvalue weighted by molar-refractivity contribution is 0.0796. The van der Waals surface area contributed by atoms with Crippen LogP contribution in [-0.2, 0) is 10.0 Å². The Bertz CT molecular complexity index is 673. The van der Waals surface area contributed by atoms with Gasteiger partial charge in [0.1, 0.15) is 0 Å². The number of hydrogen-bond donors (Lipinski definition) is 1. The minimum Gasteiger partial charge on any atom is -0.340 e. The highest BCUT2D eigenvalue weighted by Crippen LogP contribution is 2.26. The Kier molecular flexibility index (Phi) is 9.03. The molecule has 0 heterocycles. The molecule has 0 unspecified atom stereocenters. The van der Waals surface area contributed by atoms with Crippen LogP contribution in [0.25, 0.3) is 0 Å². The highest BCUT2D eigenvalue weighted by molar-refractivity contribution is 7.89. The summed E-state index contributed by atoms with van der Waals surface area (Å²) in [6.45, 7) is 1.31. The van der Waals surface area contributed by atoms with Gasteiger partial charge in [-0.15, -0.1) is 12.4 Å². The highest BCUT2D eigenvalue weighted by Gasteiger charge is 2.29. The molecule has 6 nitrogen and oxygen atoms in total. The van der Waals surface area contributed by atoms with E-state index in [4.69, 9.17) is 0 Å². The van der Waals surface area contributed by atoms with Gasteiger partial charge in [0, 0.05) is 38.8 Å². The molecule has 26 heavy (non-hydrogen) atoms. The number of sulfonamides is 1. The van der Waals surface area contributed by atoms with E-state index < -0.39 is 10.0 Å². The zero-order valence-electron chi connectivity index (χ0n) is 15.8. The van der Waals surface area contributed by atoms with Gasteiger partial charge in [-0.2, -0.15) is 4.31 Å². The Labute approximate surface area is 163 Å². The van der Waals surface area contributed by atoms with Crippen LogP contribution in [0.4, 0.5) is 0 Å². The van der Waals surface area contributed by atoms with Crippen LogP contribution >= 0.6 is 12.4 Å². The van der Waals surface area contributed by atoms with Crippen LogP contribution < -0.4 is 5.32 Å². The minimum absolute atomic E-state index is 0. The molecule has 0 spiro atoms. The van der Waals surface area contributed by atoms with Crippen LogP contribution in [0.1, 0.15) is 42.5 Å². The summed E-state index contributed by atoms with van der Waals surface area (Å²) < 4.78 is 27.1. The second kappa shape index (κ2) is 10.3. The largest absolute Gasteiger partial charge is 0.340 e. The molecule has 0 bridgehead atoms. The van der Waals surface area contributed by atoms with E-state index in [9.17, 15) is 13.2 Å². The maximum absolute atomic E-state index is 12.8. The van der Waals surface area contributed by atoms with Gasteiger partial charge in [-0.05, 0) is 44.2 Å². The maximum Gasteiger partial charge on any atom is 0.253 e. The van der Waals surface area contributed by atoms with Gasteiger partial charge in [-0.3, -0.25) is 4.79 Å². The molecule has 8 heteroatoms. The molecule has 0 saturated heterocycles. The third kappa shape index (κ3) is 5.42. The van der Waals surface area contributed by atoms with Gasteiger partial charge in [0.05, 0.1) is 4.90 Å². The quantitative estimate of drug-likeness (QED) is 0.758. The first-order valence-corrected chi connectivity index (χ1v) is 10.3. The summed E-state index contributed by atoms with van der Waals surface area (Å²) in [5.41, 5.74) is 0.498. The first-order valence-electron chi connectivity index (χ1n) is 8.86. The first-order chi connectivity index (χ1) is 11.9. The van der Waals surface area contributed by atoms with Crippen LogP contribution in [0, 0.1) is 0 Å². The summed E-state index contributed by atoms with van der Waals surface area (Å²) in [6.07, 6.45) is 5.18. The van der Waals surface area contributed by atoms with E-state index in [-0.39, 0.29) is 29.3 Å². The van der Waals surface area contributed by atoms with Crippen molar-refractivity contribution in [2.24, 2.45) is 0 Å². The number of rotatable bonds is 7. The molecule has 2 rings (SSSR count). The van der Waals surface area contributed by atoms with E-state index in [0.717, 1.165) is 25.7 Å². The number of carbonyl (C=O) groups is 1. The van der Waals surface area contributed by atoms with E-state index in [1.807, 2.05) is 7.05 Å². The fraction of sp³-hybridized carbons (Fsp3) is 0.611. The van der Waals surface area contributed by atoms with Crippen molar-refractivity contribution in [2.75, 3.05) is 34.2 Å². The first kappa shape index (κ1) is 22.9. The van der Waals surface area contributed by atoms with E-state index in [1.54, 1.807) is 31.1 Å². The normalized spacial score (nSPS) is 15.5. The van der Waals surface area contributed by atoms with Crippen molar-refractivity contribution in [3.05, 3.63) is 29.8 Å². The van der Waals surface area contributed by atoms with Gasteiger partial charge in [-0.25, -0.2) is 8.42 Å². The second-order valence-corrected chi connectivity index (χ2v) is 8.67. The Morgan fingerprint density at radius 3 is 2.23 bits per heavy atom. The molecular weight excluding hydrogens is 374 g/mol. The van der Waals surface area contributed by atoms with Crippen LogP contribution in [0.5, 0.6) is 0 Å². The lowest BCUT2D eigenvalue weighted by Gasteiger charge is -2.30. The van der Waals surface area contributed by atoms with Crippen LogP contribution in [-0.4, -0.2) is 63.8 Å². The Hall–Kier alpha value is -1.15. The number of benzene rings is 1. The molecule has 1 aliphatic carbocycles. The number of likely N-dealkylation sites (N-methyl/N-ethyl adjacent to an activating group) is 2. The second-order valence-electron chi connectivity index (χ2n) is 6.67. The zero-order valence-corrected chi connectivity index (χ0v) is 17.4. The molecule has 1 N–H and O–H groups in total. The number of halogens is 1. The topological polar surface area (TPSA) is 69.7 Å². The highest BCUT2D eigenvalue weighted by atomic mass is 35.5. The standard InChI is InChI=1S/C18H29N3O3S.ClH/c1-19-13-14-20(2)18(22)15-9-11-17(12-10-15)25(23,24)21(3)16-7-5-4-6-8-16;/h9-12,16,19H,4-8,13-14H2,1-3H3;1H. The molecule has 1 fully saturated rings. The zero-order chi connectivity index (χ0) is 18.4. The lowest BCUT2D eigenvalue weighted by Crippen LogP contribution is -2.38. The van der Waals surface area contributed by atoms with Gasteiger partial charge in [-0.1, -0.05) is 19.3 Å². The monoisotopic (exact) mass is 403 g/mol. The number of nitrogens with one attached hydrogen (secondary N) is 1. The molecule has 1 aromatic carbocycles. The lowest BCUT2D eigenvalue weighted by atomic mass is 9.96. The number of hydrogen-bond acceptors (Lipinski definition) is 4.